The highest BCUT2D eigenvalue weighted by Gasteiger charge is 2.48. The molecule has 1 atom stereocenters. The lowest BCUT2D eigenvalue weighted by molar-refractivity contribution is -0.125. The fourth-order valence-electron chi connectivity index (χ4n) is 8.76. The molecule has 56 heavy (non-hydrogen) atoms. The number of ether oxygens (including phenoxy) is 1. The van der Waals surface area contributed by atoms with Crippen LogP contribution in [0, 0.1) is 17.2 Å². The molecule has 5 heterocycles. The maximum Gasteiger partial charge on any atom is 0.282 e. The second-order valence-corrected chi connectivity index (χ2v) is 18.7. The number of rotatable bonds is 13. The molecule has 1 aromatic heterocycles. The predicted molar refractivity (Wildman–Crippen MR) is 214 cm³/mol. The average molecular weight is 798 g/mol. The zero-order chi connectivity index (χ0) is 40.2. The number of hydrogen-bond donors (Lipinski definition) is 0. The van der Waals surface area contributed by atoms with Crippen LogP contribution >= 0.6 is 0 Å². The van der Waals surface area contributed by atoms with E-state index in [1.165, 1.54) is 24.5 Å². The van der Waals surface area contributed by atoms with Crippen molar-refractivity contribution < 1.29 is 27.1 Å². The molecule has 6 rings (SSSR count). The van der Waals surface area contributed by atoms with Crippen LogP contribution in [0.1, 0.15) is 63.7 Å². The van der Waals surface area contributed by atoms with Crippen LogP contribution in [0.2, 0.25) is 0 Å². The Balaban J connectivity index is 0.991. The van der Waals surface area contributed by atoms with Gasteiger partial charge in [-0.3, -0.25) is 9.59 Å². The molecular weight excluding hydrogens is 738 g/mol. The van der Waals surface area contributed by atoms with Gasteiger partial charge in [-0.05, 0) is 97.0 Å². The molecule has 308 valence electrons. The monoisotopic (exact) mass is 797 g/mol. The van der Waals surface area contributed by atoms with E-state index < -0.39 is 16.0 Å². The average Bonchev–Trinajstić information content (AvgIpc) is 3.44. The fraction of sp³-hybridized carbons (Fsp3) is 0.650. The summed E-state index contributed by atoms with van der Waals surface area (Å²) < 4.78 is 51.4. The Labute approximate surface area is 332 Å². The molecule has 2 aromatic rings. The van der Waals surface area contributed by atoms with Crippen LogP contribution in [0.3, 0.4) is 0 Å². The van der Waals surface area contributed by atoms with Gasteiger partial charge in [-0.25, -0.2) is 14.4 Å². The van der Waals surface area contributed by atoms with E-state index in [1.54, 1.807) is 30.7 Å². The smallest absolute Gasteiger partial charge is 0.282 e. The number of likely N-dealkylation sites (N-methyl/N-ethyl adjacent to an activating group) is 1. The lowest BCUT2D eigenvalue weighted by Gasteiger charge is -2.54. The molecule has 0 saturated carbocycles. The fourth-order valence-corrected chi connectivity index (χ4v) is 10.4. The Morgan fingerprint density at radius 3 is 2.39 bits per heavy atom. The van der Waals surface area contributed by atoms with Crippen LogP contribution < -0.4 is 9.64 Å². The third-order valence-electron chi connectivity index (χ3n) is 11.6. The van der Waals surface area contributed by atoms with Crippen molar-refractivity contribution in [3.63, 3.8) is 0 Å². The summed E-state index contributed by atoms with van der Waals surface area (Å²) in [6.07, 6.45) is 9.81. The highest BCUT2D eigenvalue weighted by Crippen LogP contribution is 2.42. The molecular formula is C40H60FN9O5S. The highest BCUT2D eigenvalue weighted by molar-refractivity contribution is 7.86. The van der Waals surface area contributed by atoms with Crippen molar-refractivity contribution >= 4 is 27.8 Å². The van der Waals surface area contributed by atoms with Crippen molar-refractivity contribution in [2.24, 2.45) is 11.3 Å². The van der Waals surface area contributed by atoms with E-state index in [9.17, 15) is 22.4 Å². The van der Waals surface area contributed by atoms with Gasteiger partial charge in [0.1, 0.15) is 17.9 Å². The highest BCUT2D eigenvalue weighted by atomic mass is 32.2. The zero-order valence-corrected chi connectivity index (χ0v) is 34.8. The van der Waals surface area contributed by atoms with Crippen molar-refractivity contribution in [3.8, 4) is 11.5 Å². The molecule has 1 aromatic carbocycles. The number of benzene rings is 1. The van der Waals surface area contributed by atoms with Crippen LogP contribution in [-0.2, 0) is 15.0 Å². The molecule has 0 unspecified atom stereocenters. The number of aromatic nitrogens is 2. The third-order valence-corrected chi connectivity index (χ3v) is 13.6. The van der Waals surface area contributed by atoms with Crippen LogP contribution in [0.5, 0.6) is 11.5 Å². The number of amides is 2. The van der Waals surface area contributed by atoms with Crippen LogP contribution in [0.15, 0.2) is 42.9 Å². The molecule has 4 saturated heterocycles. The van der Waals surface area contributed by atoms with Crippen molar-refractivity contribution in [2.45, 2.75) is 65.5 Å². The topological polar surface area (TPSA) is 126 Å². The molecule has 14 nitrogen and oxygen atoms in total. The SMILES string of the molecule is CC(C)N(C(=O)c1cc(F)ccc1Oc1cncnc1N1CC[C@@H](CN2CC3(CCN(S(=O)(=O)N4CCCN(C(=O)/C=C/CN(C)C)CC4)CC3)C2)C1)C(C)C. The minimum absolute atomic E-state index is 0.0660. The number of piperidine rings is 1. The largest absolute Gasteiger partial charge is 0.451 e. The van der Waals surface area contributed by atoms with Crippen molar-refractivity contribution in [1.29, 1.82) is 0 Å². The first-order valence-electron chi connectivity index (χ1n) is 20.1. The number of halogens is 1. The van der Waals surface area contributed by atoms with Gasteiger partial charge in [0.15, 0.2) is 11.6 Å². The summed E-state index contributed by atoms with van der Waals surface area (Å²) in [5.74, 6) is 0.857. The minimum Gasteiger partial charge on any atom is -0.451 e. The minimum atomic E-state index is -3.60. The molecule has 4 aliphatic rings. The number of carbonyl (C=O) groups excluding carboxylic acids is 2. The second kappa shape index (κ2) is 17.8. The van der Waals surface area contributed by atoms with E-state index in [-0.39, 0.29) is 40.6 Å². The van der Waals surface area contributed by atoms with Gasteiger partial charge in [0.25, 0.3) is 16.1 Å². The van der Waals surface area contributed by atoms with E-state index in [0.717, 1.165) is 52.0 Å². The number of hydrogen-bond acceptors (Lipinski definition) is 10. The Morgan fingerprint density at radius 1 is 0.982 bits per heavy atom. The summed E-state index contributed by atoms with van der Waals surface area (Å²) in [6.45, 7) is 15.6. The summed E-state index contributed by atoms with van der Waals surface area (Å²) in [5.41, 5.74) is 0.298. The van der Waals surface area contributed by atoms with E-state index in [0.29, 0.717) is 69.7 Å². The standard InChI is InChI=1S/C40H60FN9O5S/c1-30(2)50(31(3)4)39(52)34-23-33(41)10-11-35(34)55-36-24-42-29-43-38(36)47-18-12-32(26-47)25-45-27-40(28-45)13-19-49(20-14-40)56(53,54)48-17-8-16-46(21-22-48)37(51)9-7-15-44(5)6/h7,9-11,23-24,29-32H,8,12-22,25-28H2,1-6H3/b9-7+/t32-/m0/s1. The molecule has 0 radical (unpaired) electrons. The Hall–Kier alpha value is -3.70. The molecule has 16 heteroatoms. The molecule has 1 spiro atoms. The summed E-state index contributed by atoms with van der Waals surface area (Å²) in [5, 5.41) is 0. The lowest BCUT2D eigenvalue weighted by atomic mass is 9.72. The van der Waals surface area contributed by atoms with Gasteiger partial charge in [-0.2, -0.15) is 17.0 Å². The molecule has 0 bridgehead atoms. The van der Waals surface area contributed by atoms with Gasteiger partial charge < -0.3 is 29.2 Å². The van der Waals surface area contributed by atoms with E-state index in [2.05, 4.69) is 19.8 Å². The Kier molecular flexibility index (Phi) is 13.4. The Morgan fingerprint density at radius 2 is 1.70 bits per heavy atom. The summed E-state index contributed by atoms with van der Waals surface area (Å²) in [4.78, 5) is 45.2. The van der Waals surface area contributed by atoms with Gasteiger partial charge in [0.2, 0.25) is 5.91 Å². The van der Waals surface area contributed by atoms with Gasteiger partial charge in [0.05, 0.1) is 11.8 Å². The van der Waals surface area contributed by atoms with E-state index in [1.807, 2.05) is 52.8 Å². The molecule has 0 N–H and O–H groups in total. The molecule has 4 aliphatic heterocycles. The van der Waals surface area contributed by atoms with Crippen molar-refractivity contribution in [3.05, 3.63) is 54.3 Å². The Bertz CT molecular complexity index is 1820. The van der Waals surface area contributed by atoms with Crippen molar-refractivity contribution in [2.75, 3.05) is 97.5 Å². The number of likely N-dealkylation sites (tertiary alicyclic amines) is 1. The van der Waals surface area contributed by atoms with Gasteiger partial charge >= 0.3 is 0 Å². The quantitative estimate of drug-likeness (QED) is 0.277. The molecule has 0 aliphatic carbocycles. The van der Waals surface area contributed by atoms with Crippen LogP contribution in [-0.4, -0.2) is 163 Å². The maximum atomic E-state index is 14.5. The number of carbonyl (C=O) groups is 2. The first kappa shape index (κ1) is 41.9. The van der Waals surface area contributed by atoms with Crippen molar-refractivity contribution in [1.82, 2.24) is 38.2 Å². The van der Waals surface area contributed by atoms with Gasteiger partial charge in [-0.15, -0.1) is 0 Å². The lowest BCUT2D eigenvalue weighted by Crippen LogP contribution is -2.62. The maximum absolute atomic E-state index is 14.5. The molecule has 4 fully saturated rings. The summed E-state index contributed by atoms with van der Waals surface area (Å²) >= 11 is 0. The summed E-state index contributed by atoms with van der Waals surface area (Å²) in [7, 11) is 0.292. The van der Waals surface area contributed by atoms with E-state index in [4.69, 9.17) is 4.74 Å². The number of nitrogens with zero attached hydrogens (tertiary/aromatic N) is 9. The van der Waals surface area contributed by atoms with Crippen LogP contribution in [0.25, 0.3) is 0 Å². The summed E-state index contributed by atoms with van der Waals surface area (Å²) in [6, 6.07) is 3.85. The van der Waals surface area contributed by atoms with Gasteiger partial charge in [-0.1, -0.05) is 6.08 Å². The third kappa shape index (κ3) is 9.69. The van der Waals surface area contributed by atoms with E-state index >= 15 is 0 Å². The normalized spacial score (nSPS) is 21.4. The zero-order valence-electron chi connectivity index (χ0n) is 33.9. The first-order valence-corrected chi connectivity index (χ1v) is 21.5. The predicted octanol–water partition coefficient (Wildman–Crippen LogP) is 3.79. The van der Waals surface area contributed by atoms with Gasteiger partial charge in [0, 0.05) is 96.7 Å². The molecule has 2 amide bonds. The second-order valence-electron chi connectivity index (χ2n) is 16.8. The number of anilines is 1. The van der Waals surface area contributed by atoms with Crippen LogP contribution in [0.4, 0.5) is 10.2 Å². The first-order chi connectivity index (χ1) is 26.7.